The Morgan fingerprint density at radius 2 is 1.45 bits per heavy atom. The number of nitrogens with zero attached hydrogens (tertiary/aromatic N) is 3. The highest BCUT2D eigenvalue weighted by molar-refractivity contribution is 6.12. The Morgan fingerprint density at radius 1 is 0.773 bits per heavy atom. The van der Waals surface area contributed by atoms with E-state index in [2.05, 4.69) is 12.1 Å². The molecule has 0 aromatic heterocycles. The van der Waals surface area contributed by atoms with Crippen molar-refractivity contribution in [1.29, 1.82) is 15.8 Å². The second-order valence-corrected chi connectivity index (χ2v) is 5.00. The van der Waals surface area contributed by atoms with E-state index in [4.69, 9.17) is 0 Å². The van der Waals surface area contributed by atoms with Gasteiger partial charge in [-0.05, 0) is 28.1 Å². The zero-order chi connectivity index (χ0) is 15.7. The Balaban J connectivity index is 2.73. The number of rotatable bonds is 1. The third-order valence-electron chi connectivity index (χ3n) is 3.99. The summed E-state index contributed by atoms with van der Waals surface area (Å²) < 4.78 is 0. The number of fused-ring (bicyclic) bond motifs is 3. The minimum atomic E-state index is 0.185. The van der Waals surface area contributed by atoms with E-state index in [0.717, 1.165) is 27.1 Å². The summed E-state index contributed by atoms with van der Waals surface area (Å²) in [7, 11) is 0. The van der Waals surface area contributed by atoms with E-state index in [1.165, 1.54) is 0 Å². The molecule has 0 radical (unpaired) electrons. The molecule has 3 heteroatoms. The summed E-state index contributed by atoms with van der Waals surface area (Å²) in [4.78, 5) is 0. The SMILES string of the molecule is CCc1c(C#N)c(C#N)c(C#N)c2ccc3ccccc3c12. The predicted octanol–water partition coefficient (Wildman–Crippen LogP) is 4.17. The zero-order valence-corrected chi connectivity index (χ0v) is 12.0. The molecule has 102 valence electrons. The Hall–Kier alpha value is -3.35. The van der Waals surface area contributed by atoms with Crippen molar-refractivity contribution in [1.82, 2.24) is 0 Å². The van der Waals surface area contributed by atoms with Crippen molar-refractivity contribution in [3.63, 3.8) is 0 Å². The molecule has 3 nitrogen and oxygen atoms in total. The molecule has 3 aromatic carbocycles. The molecule has 0 heterocycles. The lowest BCUT2D eigenvalue weighted by Gasteiger charge is -2.13. The van der Waals surface area contributed by atoms with Crippen LogP contribution >= 0.6 is 0 Å². The topological polar surface area (TPSA) is 71.4 Å². The second kappa shape index (κ2) is 5.21. The lowest BCUT2D eigenvalue weighted by Crippen LogP contribution is -2.00. The summed E-state index contributed by atoms with van der Waals surface area (Å²) in [6.45, 7) is 1.96. The summed E-state index contributed by atoms with van der Waals surface area (Å²) in [5, 5.41) is 32.1. The van der Waals surface area contributed by atoms with Crippen molar-refractivity contribution in [3.05, 3.63) is 58.7 Å². The molecule has 0 fully saturated rings. The fourth-order valence-electron chi connectivity index (χ4n) is 3.05. The maximum absolute atomic E-state index is 9.50. The third-order valence-corrected chi connectivity index (χ3v) is 3.99. The third kappa shape index (κ3) is 1.72. The average Bonchev–Trinajstić information content (AvgIpc) is 2.58. The highest BCUT2D eigenvalue weighted by Crippen LogP contribution is 2.35. The van der Waals surface area contributed by atoms with Crippen LogP contribution in [0.1, 0.15) is 29.2 Å². The van der Waals surface area contributed by atoms with Crippen LogP contribution in [-0.4, -0.2) is 0 Å². The van der Waals surface area contributed by atoms with Crippen LogP contribution in [0.5, 0.6) is 0 Å². The van der Waals surface area contributed by atoms with Gasteiger partial charge in [-0.1, -0.05) is 43.3 Å². The molecule has 0 aliphatic rings. The van der Waals surface area contributed by atoms with Gasteiger partial charge in [0.1, 0.15) is 18.2 Å². The standard InChI is InChI=1S/C19H11N3/c1-2-13-16(9-20)18(11-22)17(10-21)15-8-7-12-5-3-4-6-14(12)19(13)15/h3-8H,2H2,1H3. The van der Waals surface area contributed by atoms with Gasteiger partial charge < -0.3 is 0 Å². The minimum Gasteiger partial charge on any atom is -0.192 e. The summed E-state index contributed by atoms with van der Waals surface area (Å²) in [5.41, 5.74) is 1.64. The fraction of sp³-hybridized carbons (Fsp3) is 0.105. The summed E-state index contributed by atoms with van der Waals surface area (Å²) in [5.74, 6) is 0. The van der Waals surface area contributed by atoms with Gasteiger partial charge in [0, 0.05) is 5.39 Å². The van der Waals surface area contributed by atoms with Gasteiger partial charge in [-0.2, -0.15) is 15.8 Å². The van der Waals surface area contributed by atoms with Crippen molar-refractivity contribution in [2.24, 2.45) is 0 Å². The van der Waals surface area contributed by atoms with Crippen LogP contribution in [0.15, 0.2) is 36.4 Å². The first-order valence-corrected chi connectivity index (χ1v) is 6.97. The van der Waals surface area contributed by atoms with Crippen molar-refractivity contribution in [3.8, 4) is 18.2 Å². The first-order valence-electron chi connectivity index (χ1n) is 6.97. The Labute approximate surface area is 128 Å². The Morgan fingerprint density at radius 3 is 2.09 bits per heavy atom. The molecular weight excluding hydrogens is 270 g/mol. The Kier molecular flexibility index (Phi) is 3.23. The molecular formula is C19H11N3. The van der Waals surface area contributed by atoms with E-state index in [1.807, 2.05) is 49.4 Å². The first-order chi connectivity index (χ1) is 10.8. The van der Waals surface area contributed by atoms with Gasteiger partial charge in [0.25, 0.3) is 0 Å². The summed E-state index contributed by atoms with van der Waals surface area (Å²) in [6, 6.07) is 18.0. The van der Waals surface area contributed by atoms with Crippen molar-refractivity contribution < 1.29 is 0 Å². The monoisotopic (exact) mass is 281 g/mol. The van der Waals surface area contributed by atoms with Crippen LogP contribution in [0, 0.1) is 34.0 Å². The molecule has 0 aliphatic heterocycles. The molecule has 3 rings (SSSR count). The van der Waals surface area contributed by atoms with Gasteiger partial charge in [-0.15, -0.1) is 0 Å². The van der Waals surface area contributed by atoms with Crippen molar-refractivity contribution >= 4 is 21.5 Å². The van der Waals surface area contributed by atoms with Gasteiger partial charge in [0.05, 0.1) is 16.7 Å². The normalized spacial score (nSPS) is 10.1. The maximum atomic E-state index is 9.50. The van der Waals surface area contributed by atoms with E-state index < -0.39 is 0 Å². The summed E-state index contributed by atoms with van der Waals surface area (Å²) >= 11 is 0. The van der Waals surface area contributed by atoms with Gasteiger partial charge >= 0.3 is 0 Å². The van der Waals surface area contributed by atoms with E-state index in [9.17, 15) is 15.8 Å². The highest BCUT2D eigenvalue weighted by atomic mass is 14.3. The van der Waals surface area contributed by atoms with Gasteiger partial charge in [-0.25, -0.2) is 0 Å². The Bertz CT molecular complexity index is 1040. The van der Waals surface area contributed by atoms with Gasteiger partial charge in [0.15, 0.2) is 0 Å². The van der Waals surface area contributed by atoms with Gasteiger partial charge in [-0.3, -0.25) is 0 Å². The molecule has 0 saturated heterocycles. The molecule has 0 unspecified atom stereocenters. The number of hydrogen-bond donors (Lipinski definition) is 0. The molecule has 22 heavy (non-hydrogen) atoms. The molecule has 3 aromatic rings. The van der Waals surface area contributed by atoms with Crippen LogP contribution in [-0.2, 0) is 6.42 Å². The molecule has 0 bridgehead atoms. The predicted molar refractivity (Wildman–Crippen MR) is 85.0 cm³/mol. The maximum Gasteiger partial charge on any atom is 0.102 e. The van der Waals surface area contributed by atoms with E-state index >= 15 is 0 Å². The van der Waals surface area contributed by atoms with Crippen LogP contribution < -0.4 is 0 Å². The average molecular weight is 281 g/mol. The van der Waals surface area contributed by atoms with Gasteiger partial charge in [0.2, 0.25) is 0 Å². The van der Waals surface area contributed by atoms with E-state index in [-0.39, 0.29) is 11.1 Å². The highest BCUT2D eigenvalue weighted by Gasteiger charge is 2.19. The van der Waals surface area contributed by atoms with Crippen molar-refractivity contribution in [2.45, 2.75) is 13.3 Å². The second-order valence-electron chi connectivity index (χ2n) is 5.00. The van der Waals surface area contributed by atoms with Crippen LogP contribution in [0.4, 0.5) is 0 Å². The van der Waals surface area contributed by atoms with Crippen LogP contribution in [0.25, 0.3) is 21.5 Å². The summed E-state index contributed by atoms with van der Waals surface area (Å²) in [6.07, 6.45) is 0.633. The lowest BCUT2D eigenvalue weighted by atomic mass is 9.87. The smallest absolute Gasteiger partial charge is 0.102 e. The molecule has 0 spiro atoms. The number of nitriles is 3. The number of benzene rings is 3. The van der Waals surface area contributed by atoms with E-state index in [1.54, 1.807) is 0 Å². The molecule has 0 aliphatic carbocycles. The minimum absolute atomic E-state index is 0.185. The van der Waals surface area contributed by atoms with Crippen molar-refractivity contribution in [2.75, 3.05) is 0 Å². The first kappa shape index (κ1) is 13.6. The quantitative estimate of drug-likeness (QED) is 0.628. The van der Waals surface area contributed by atoms with Crippen LogP contribution in [0.3, 0.4) is 0 Å². The zero-order valence-electron chi connectivity index (χ0n) is 12.0. The molecule has 0 N–H and O–H groups in total. The molecule has 0 atom stereocenters. The largest absolute Gasteiger partial charge is 0.192 e. The fourth-order valence-corrected chi connectivity index (χ4v) is 3.05. The lowest BCUT2D eigenvalue weighted by molar-refractivity contribution is 1.14. The molecule has 0 saturated carbocycles. The van der Waals surface area contributed by atoms with E-state index in [0.29, 0.717) is 12.0 Å². The molecule has 0 amide bonds. The number of aryl methyl sites for hydroxylation is 1. The number of hydrogen-bond acceptors (Lipinski definition) is 3. The van der Waals surface area contributed by atoms with Crippen LogP contribution in [0.2, 0.25) is 0 Å².